The number of nitriles is 1. The van der Waals surface area contributed by atoms with Gasteiger partial charge in [-0.3, -0.25) is 0 Å². The van der Waals surface area contributed by atoms with E-state index < -0.39 is 0 Å². The fraction of sp³-hybridized carbons (Fsp3) is 0.611. The van der Waals surface area contributed by atoms with Gasteiger partial charge in [0.15, 0.2) is 0 Å². The lowest BCUT2D eigenvalue weighted by Gasteiger charge is -2.45. The van der Waals surface area contributed by atoms with E-state index in [2.05, 4.69) is 33.0 Å². The summed E-state index contributed by atoms with van der Waals surface area (Å²) in [5.41, 5.74) is 1.65. The van der Waals surface area contributed by atoms with Crippen molar-refractivity contribution in [2.75, 3.05) is 0 Å². The van der Waals surface area contributed by atoms with Gasteiger partial charge in [-0.15, -0.1) is 0 Å². The molecule has 1 saturated carbocycles. The highest BCUT2D eigenvalue weighted by molar-refractivity contribution is 5.32. The molecule has 1 aliphatic carbocycles. The van der Waals surface area contributed by atoms with Gasteiger partial charge >= 0.3 is 0 Å². The molecule has 0 radical (unpaired) electrons. The van der Waals surface area contributed by atoms with Crippen LogP contribution in [0.2, 0.25) is 0 Å². The van der Waals surface area contributed by atoms with Crippen molar-refractivity contribution < 1.29 is 4.39 Å². The van der Waals surface area contributed by atoms with E-state index in [0.717, 1.165) is 12.8 Å². The molecule has 1 aliphatic rings. The predicted molar refractivity (Wildman–Crippen MR) is 83.2 cm³/mol. The zero-order valence-electron chi connectivity index (χ0n) is 13.5. The van der Waals surface area contributed by atoms with Crippen LogP contribution >= 0.6 is 0 Å². The van der Waals surface area contributed by atoms with Gasteiger partial charge in [-0.25, -0.2) is 4.39 Å². The molecule has 0 saturated heterocycles. The molecule has 3 heteroatoms. The quantitative estimate of drug-likeness (QED) is 0.895. The van der Waals surface area contributed by atoms with Gasteiger partial charge in [-0.2, -0.15) is 5.26 Å². The zero-order chi connectivity index (χ0) is 15.7. The summed E-state index contributed by atoms with van der Waals surface area (Å²) in [6, 6.07) is 7.07. The number of halogens is 1. The van der Waals surface area contributed by atoms with Crippen LogP contribution in [0.4, 0.5) is 4.39 Å². The average molecular weight is 288 g/mol. The normalized spacial score (nSPS) is 21.0. The third kappa shape index (κ3) is 4.28. The second-order valence-corrected chi connectivity index (χ2v) is 7.91. The first-order chi connectivity index (χ1) is 9.71. The Kier molecular flexibility index (Phi) is 4.39. The Morgan fingerprint density at radius 3 is 2.38 bits per heavy atom. The highest BCUT2D eigenvalue weighted by Crippen LogP contribution is 2.45. The Morgan fingerprint density at radius 2 is 1.86 bits per heavy atom. The largest absolute Gasteiger partial charge is 0.310 e. The maximum atomic E-state index is 13.9. The molecule has 0 aromatic heterocycles. The smallest absolute Gasteiger partial charge is 0.129 e. The molecule has 21 heavy (non-hydrogen) atoms. The number of rotatable bonds is 3. The molecule has 0 spiro atoms. The van der Waals surface area contributed by atoms with E-state index in [1.165, 1.54) is 12.5 Å². The van der Waals surface area contributed by atoms with Crippen LogP contribution in [0.5, 0.6) is 0 Å². The minimum atomic E-state index is -0.295. The van der Waals surface area contributed by atoms with Crippen molar-refractivity contribution in [3.05, 3.63) is 35.1 Å². The summed E-state index contributed by atoms with van der Waals surface area (Å²) in [6.45, 7) is 9.76. The van der Waals surface area contributed by atoms with Gasteiger partial charge in [0.25, 0.3) is 0 Å². The summed E-state index contributed by atoms with van der Waals surface area (Å²) in [5.74, 6) is -0.295. The first kappa shape index (κ1) is 16.0. The van der Waals surface area contributed by atoms with Gasteiger partial charge < -0.3 is 5.32 Å². The van der Waals surface area contributed by atoms with Crippen LogP contribution in [0.25, 0.3) is 0 Å². The second kappa shape index (κ2) is 5.77. The molecule has 114 valence electrons. The van der Waals surface area contributed by atoms with Crippen LogP contribution < -0.4 is 5.32 Å². The summed E-state index contributed by atoms with van der Waals surface area (Å²) in [7, 11) is 0. The standard InChI is InChI=1S/C18H25FN2/c1-17(2)8-15(9-18(3,4)12-17)21-11-14-6-5-13(10-20)7-16(14)19/h5-7,15,21H,8-9,11-12H2,1-4H3. The molecule has 1 aromatic carbocycles. The lowest BCUT2D eigenvalue weighted by molar-refractivity contribution is 0.0844. The monoisotopic (exact) mass is 288 g/mol. The van der Waals surface area contributed by atoms with Crippen molar-refractivity contribution in [1.29, 1.82) is 5.26 Å². The summed E-state index contributed by atoms with van der Waals surface area (Å²) in [4.78, 5) is 0. The Labute approximate surface area is 127 Å². The highest BCUT2D eigenvalue weighted by Gasteiger charge is 2.38. The molecule has 1 fully saturated rings. The summed E-state index contributed by atoms with van der Waals surface area (Å²) in [5, 5.41) is 12.3. The molecule has 2 rings (SSSR count). The molecule has 2 nitrogen and oxygen atoms in total. The van der Waals surface area contributed by atoms with E-state index in [9.17, 15) is 4.39 Å². The van der Waals surface area contributed by atoms with E-state index in [0.29, 0.717) is 34.5 Å². The molecule has 1 N–H and O–H groups in total. The number of nitrogens with zero attached hydrogens (tertiary/aromatic N) is 1. The Hall–Kier alpha value is -1.40. The van der Waals surface area contributed by atoms with Gasteiger partial charge in [-0.1, -0.05) is 33.8 Å². The third-order valence-electron chi connectivity index (χ3n) is 4.32. The van der Waals surface area contributed by atoms with Crippen molar-refractivity contribution >= 4 is 0 Å². The molecular weight excluding hydrogens is 263 g/mol. The molecule has 0 bridgehead atoms. The van der Waals surface area contributed by atoms with Crippen molar-refractivity contribution in [3.8, 4) is 6.07 Å². The van der Waals surface area contributed by atoms with Crippen molar-refractivity contribution in [2.24, 2.45) is 10.8 Å². The lowest BCUT2D eigenvalue weighted by atomic mass is 9.63. The Morgan fingerprint density at radius 1 is 1.24 bits per heavy atom. The predicted octanol–water partition coefficient (Wildman–Crippen LogP) is 4.39. The van der Waals surface area contributed by atoms with Gasteiger partial charge in [0.05, 0.1) is 11.6 Å². The highest BCUT2D eigenvalue weighted by atomic mass is 19.1. The van der Waals surface area contributed by atoms with Gasteiger partial charge in [0.2, 0.25) is 0 Å². The molecule has 0 atom stereocenters. The molecular formula is C18H25FN2. The van der Waals surface area contributed by atoms with Crippen LogP contribution in [-0.2, 0) is 6.54 Å². The van der Waals surface area contributed by atoms with E-state index in [1.807, 2.05) is 6.07 Å². The van der Waals surface area contributed by atoms with E-state index in [1.54, 1.807) is 12.1 Å². The SMILES string of the molecule is CC1(C)CC(NCc2ccc(C#N)cc2F)CC(C)(C)C1. The number of hydrogen-bond acceptors (Lipinski definition) is 2. The topological polar surface area (TPSA) is 35.8 Å². The average Bonchev–Trinajstić information content (AvgIpc) is 2.33. The zero-order valence-corrected chi connectivity index (χ0v) is 13.5. The van der Waals surface area contributed by atoms with E-state index in [-0.39, 0.29) is 5.82 Å². The molecule has 0 unspecified atom stereocenters. The molecule has 0 heterocycles. The first-order valence-corrected chi connectivity index (χ1v) is 7.63. The second-order valence-electron chi connectivity index (χ2n) is 7.91. The minimum Gasteiger partial charge on any atom is -0.310 e. The van der Waals surface area contributed by atoms with Gasteiger partial charge in [0, 0.05) is 18.2 Å². The van der Waals surface area contributed by atoms with E-state index in [4.69, 9.17) is 5.26 Å². The van der Waals surface area contributed by atoms with Crippen LogP contribution in [0.15, 0.2) is 18.2 Å². The molecule has 1 aromatic rings. The molecule has 0 amide bonds. The van der Waals surface area contributed by atoms with Crippen LogP contribution in [0, 0.1) is 28.0 Å². The minimum absolute atomic E-state index is 0.295. The first-order valence-electron chi connectivity index (χ1n) is 7.63. The van der Waals surface area contributed by atoms with Gasteiger partial charge in [-0.05, 0) is 42.2 Å². The Bertz CT molecular complexity index is 539. The van der Waals surface area contributed by atoms with Gasteiger partial charge in [0.1, 0.15) is 5.82 Å². The van der Waals surface area contributed by atoms with Crippen LogP contribution in [0.3, 0.4) is 0 Å². The van der Waals surface area contributed by atoms with E-state index >= 15 is 0 Å². The maximum Gasteiger partial charge on any atom is 0.129 e. The number of nitrogens with one attached hydrogen (secondary N) is 1. The van der Waals surface area contributed by atoms with Crippen LogP contribution in [-0.4, -0.2) is 6.04 Å². The van der Waals surface area contributed by atoms with Crippen molar-refractivity contribution in [2.45, 2.75) is 59.5 Å². The van der Waals surface area contributed by atoms with Crippen molar-refractivity contribution in [3.63, 3.8) is 0 Å². The molecule has 0 aliphatic heterocycles. The Balaban J connectivity index is 2.01. The lowest BCUT2D eigenvalue weighted by Crippen LogP contribution is -2.43. The fourth-order valence-electron chi connectivity index (χ4n) is 4.00. The van der Waals surface area contributed by atoms with Crippen LogP contribution in [0.1, 0.15) is 58.1 Å². The maximum absolute atomic E-state index is 13.9. The summed E-state index contributed by atoms with van der Waals surface area (Å²) >= 11 is 0. The fourth-order valence-corrected chi connectivity index (χ4v) is 4.00. The number of hydrogen-bond donors (Lipinski definition) is 1. The number of benzene rings is 1. The third-order valence-corrected chi connectivity index (χ3v) is 4.32. The summed E-state index contributed by atoms with van der Waals surface area (Å²) < 4.78 is 13.9. The van der Waals surface area contributed by atoms with Crippen molar-refractivity contribution in [1.82, 2.24) is 5.32 Å². The summed E-state index contributed by atoms with van der Waals surface area (Å²) in [6.07, 6.45) is 3.46.